The minimum Gasteiger partial charge on any atom is -0.349 e. The number of carbonyl (C=O) groups excluding carboxylic acids is 1. The highest BCUT2D eigenvalue weighted by atomic mass is 32.2. The second kappa shape index (κ2) is 8.41. The first-order chi connectivity index (χ1) is 14.0. The Bertz CT molecular complexity index is 1120. The summed E-state index contributed by atoms with van der Waals surface area (Å²) in [6.45, 7) is 2.01. The van der Waals surface area contributed by atoms with E-state index in [0.717, 1.165) is 18.4 Å². The van der Waals surface area contributed by atoms with Gasteiger partial charge in [-0.15, -0.1) is 0 Å². The Morgan fingerprint density at radius 2 is 1.93 bits per heavy atom. The molecule has 150 valence electrons. The summed E-state index contributed by atoms with van der Waals surface area (Å²) in [5, 5.41) is 4.20. The number of thioether (sulfide) groups is 1. The fourth-order valence-corrected chi connectivity index (χ4v) is 4.63. The van der Waals surface area contributed by atoms with E-state index in [1.807, 2.05) is 25.1 Å². The third-order valence-corrected chi connectivity index (χ3v) is 6.55. The summed E-state index contributed by atoms with van der Waals surface area (Å²) in [5.74, 6) is 0.149. The summed E-state index contributed by atoms with van der Waals surface area (Å²) in [5.41, 5.74) is 4.55. The standard InChI is InChI=1S/C23H25N3O2S/c1-15(17-12-11-16-7-3-4-8-18(16)13-17)24-21(27)14-29-23-25-20-10-6-5-9-19(20)22(28)26(23)2/h5-6,9-13,15H,3-4,7-8,14H2,1-2H3,(H,24,27). The highest BCUT2D eigenvalue weighted by molar-refractivity contribution is 7.99. The summed E-state index contributed by atoms with van der Waals surface area (Å²) in [4.78, 5) is 29.5. The summed E-state index contributed by atoms with van der Waals surface area (Å²) in [6, 6.07) is 13.8. The van der Waals surface area contributed by atoms with Gasteiger partial charge in [0.05, 0.1) is 22.7 Å². The van der Waals surface area contributed by atoms with Gasteiger partial charge >= 0.3 is 0 Å². The molecule has 5 nitrogen and oxygen atoms in total. The van der Waals surface area contributed by atoms with Crippen LogP contribution in [0.2, 0.25) is 0 Å². The Balaban J connectivity index is 1.42. The van der Waals surface area contributed by atoms with Crippen LogP contribution >= 0.6 is 11.8 Å². The largest absolute Gasteiger partial charge is 0.349 e. The van der Waals surface area contributed by atoms with Crippen molar-refractivity contribution in [2.45, 2.75) is 43.8 Å². The Labute approximate surface area is 174 Å². The molecule has 1 amide bonds. The number of rotatable bonds is 5. The maximum Gasteiger partial charge on any atom is 0.261 e. The van der Waals surface area contributed by atoms with Gasteiger partial charge in [0.25, 0.3) is 5.56 Å². The molecule has 1 aliphatic rings. The van der Waals surface area contributed by atoms with Crippen molar-refractivity contribution in [2.24, 2.45) is 7.05 Å². The highest BCUT2D eigenvalue weighted by Crippen LogP contribution is 2.25. The van der Waals surface area contributed by atoms with Gasteiger partial charge in [-0.2, -0.15) is 0 Å². The van der Waals surface area contributed by atoms with Gasteiger partial charge in [-0.3, -0.25) is 14.2 Å². The van der Waals surface area contributed by atoms with Crippen molar-refractivity contribution in [1.29, 1.82) is 0 Å². The van der Waals surface area contributed by atoms with E-state index in [0.29, 0.717) is 16.1 Å². The van der Waals surface area contributed by atoms with Gasteiger partial charge in [0.1, 0.15) is 0 Å². The minimum atomic E-state index is -0.0964. The molecule has 0 saturated heterocycles. The number of fused-ring (bicyclic) bond motifs is 2. The quantitative estimate of drug-likeness (QED) is 0.516. The lowest BCUT2D eigenvalue weighted by Crippen LogP contribution is -2.29. The van der Waals surface area contributed by atoms with Crippen LogP contribution in [0.1, 0.15) is 42.5 Å². The van der Waals surface area contributed by atoms with Crippen molar-refractivity contribution in [2.75, 3.05) is 5.75 Å². The van der Waals surface area contributed by atoms with E-state index in [1.54, 1.807) is 13.1 Å². The molecule has 1 heterocycles. The summed E-state index contributed by atoms with van der Waals surface area (Å²) >= 11 is 1.28. The molecule has 0 spiro atoms. The lowest BCUT2D eigenvalue weighted by molar-refractivity contribution is -0.119. The van der Waals surface area contributed by atoms with Gasteiger partial charge in [0, 0.05) is 7.05 Å². The van der Waals surface area contributed by atoms with Crippen molar-refractivity contribution < 1.29 is 4.79 Å². The highest BCUT2D eigenvalue weighted by Gasteiger charge is 2.15. The van der Waals surface area contributed by atoms with Gasteiger partial charge < -0.3 is 5.32 Å². The van der Waals surface area contributed by atoms with Gasteiger partial charge in [-0.25, -0.2) is 4.98 Å². The average molecular weight is 408 g/mol. The number of aryl methyl sites for hydroxylation is 2. The Morgan fingerprint density at radius 3 is 2.76 bits per heavy atom. The van der Waals surface area contributed by atoms with Crippen molar-refractivity contribution in [3.05, 3.63) is 69.5 Å². The van der Waals surface area contributed by atoms with Crippen LogP contribution in [0.5, 0.6) is 0 Å². The van der Waals surface area contributed by atoms with Crippen LogP contribution in [0.15, 0.2) is 52.4 Å². The number of nitrogens with one attached hydrogen (secondary N) is 1. The number of aromatic nitrogens is 2. The number of carbonyl (C=O) groups is 1. The molecule has 1 aliphatic carbocycles. The first-order valence-electron chi connectivity index (χ1n) is 10.0. The number of benzene rings is 2. The van der Waals surface area contributed by atoms with Crippen LogP contribution in [-0.2, 0) is 24.7 Å². The van der Waals surface area contributed by atoms with Gasteiger partial charge in [0.15, 0.2) is 5.16 Å². The molecule has 0 bridgehead atoms. The van der Waals surface area contributed by atoms with E-state index in [1.165, 1.54) is 40.3 Å². The molecule has 3 aromatic rings. The van der Waals surface area contributed by atoms with Gasteiger partial charge in [-0.1, -0.05) is 42.1 Å². The first-order valence-corrected chi connectivity index (χ1v) is 11.0. The van der Waals surface area contributed by atoms with E-state index in [-0.39, 0.29) is 23.3 Å². The number of para-hydroxylation sites is 1. The predicted molar refractivity (Wildman–Crippen MR) is 117 cm³/mol. The first kappa shape index (κ1) is 19.7. The second-order valence-corrected chi connectivity index (χ2v) is 8.53. The summed E-state index contributed by atoms with van der Waals surface area (Å²) in [6.07, 6.45) is 4.79. The van der Waals surface area contributed by atoms with Crippen LogP contribution < -0.4 is 10.9 Å². The predicted octanol–water partition coefficient (Wildman–Crippen LogP) is 3.78. The Morgan fingerprint density at radius 1 is 1.17 bits per heavy atom. The number of nitrogens with zero attached hydrogens (tertiary/aromatic N) is 2. The second-order valence-electron chi connectivity index (χ2n) is 7.59. The molecule has 1 N–H and O–H groups in total. The van der Waals surface area contributed by atoms with Crippen LogP contribution in [0.3, 0.4) is 0 Å². The van der Waals surface area contributed by atoms with Gasteiger partial charge in [-0.05, 0) is 61.4 Å². The maximum absolute atomic E-state index is 12.5. The molecule has 0 fully saturated rings. The van der Waals surface area contributed by atoms with Crippen molar-refractivity contribution in [3.63, 3.8) is 0 Å². The normalized spacial score (nSPS) is 14.4. The van der Waals surface area contributed by atoms with Crippen molar-refractivity contribution in [1.82, 2.24) is 14.9 Å². The zero-order valence-electron chi connectivity index (χ0n) is 16.8. The number of hydrogen-bond acceptors (Lipinski definition) is 4. The molecule has 29 heavy (non-hydrogen) atoms. The Hall–Kier alpha value is -2.60. The lowest BCUT2D eigenvalue weighted by Gasteiger charge is -2.20. The minimum absolute atomic E-state index is 0.0521. The number of amides is 1. The zero-order valence-corrected chi connectivity index (χ0v) is 17.6. The molecule has 0 radical (unpaired) electrons. The zero-order chi connectivity index (χ0) is 20.4. The average Bonchev–Trinajstić information content (AvgIpc) is 2.75. The molecule has 1 unspecified atom stereocenters. The monoisotopic (exact) mass is 407 g/mol. The van der Waals surface area contributed by atoms with Crippen LogP contribution in [0.4, 0.5) is 0 Å². The van der Waals surface area contributed by atoms with E-state index in [4.69, 9.17) is 0 Å². The van der Waals surface area contributed by atoms with Crippen LogP contribution in [0.25, 0.3) is 10.9 Å². The molecule has 1 aromatic heterocycles. The Kier molecular flexibility index (Phi) is 5.72. The van der Waals surface area contributed by atoms with Crippen LogP contribution in [0, 0.1) is 0 Å². The third kappa shape index (κ3) is 4.22. The SMILES string of the molecule is CC(NC(=O)CSc1nc2ccccc2c(=O)n1C)c1ccc2c(c1)CCCC2. The molecule has 0 saturated carbocycles. The molecule has 1 atom stereocenters. The van der Waals surface area contributed by atoms with E-state index in [9.17, 15) is 9.59 Å². The molecular formula is C23H25N3O2S. The van der Waals surface area contributed by atoms with E-state index in [2.05, 4.69) is 28.5 Å². The topological polar surface area (TPSA) is 64.0 Å². The fraction of sp³-hybridized carbons (Fsp3) is 0.348. The molecular weight excluding hydrogens is 382 g/mol. The molecule has 0 aliphatic heterocycles. The van der Waals surface area contributed by atoms with E-state index < -0.39 is 0 Å². The molecule has 2 aromatic carbocycles. The summed E-state index contributed by atoms with van der Waals surface area (Å²) in [7, 11) is 1.69. The third-order valence-electron chi connectivity index (χ3n) is 5.52. The summed E-state index contributed by atoms with van der Waals surface area (Å²) < 4.78 is 1.51. The van der Waals surface area contributed by atoms with E-state index >= 15 is 0 Å². The lowest BCUT2D eigenvalue weighted by atomic mass is 9.89. The van der Waals surface area contributed by atoms with Crippen molar-refractivity contribution in [3.8, 4) is 0 Å². The number of hydrogen-bond donors (Lipinski definition) is 1. The van der Waals surface area contributed by atoms with Crippen molar-refractivity contribution >= 4 is 28.6 Å². The van der Waals surface area contributed by atoms with Crippen LogP contribution in [-0.4, -0.2) is 21.2 Å². The fourth-order valence-electron chi connectivity index (χ4n) is 3.85. The molecule has 4 rings (SSSR count). The van der Waals surface area contributed by atoms with Gasteiger partial charge in [0.2, 0.25) is 5.91 Å². The maximum atomic E-state index is 12.5. The smallest absolute Gasteiger partial charge is 0.261 e. The molecule has 6 heteroatoms.